The fourth-order valence-corrected chi connectivity index (χ4v) is 1.63. The second-order valence-corrected chi connectivity index (χ2v) is 3.55. The van der Waals surface area contributed by atoms with Gasteiger partial charge in [-0.05, 0) is 24.3 Å². The van der Waals surface area contributed by atoms with Crippen LogP contribution in [-0.2, 0) is 0 Å². The van der Waals surface area contributed by atoms with Crippen LogP contribution in [0.1, 0.15) is 0 Å². The molecule has 2 aromatic carbocycles. The summed E-state index contributed by atoms with van der Waals surface area (Å²) in [4.78, 5) is 0. The second-order valence-electron chi connectivity index (χ2n) is 3.55. The first-order chi connectivity index (χ1) is 7.75. The lowest BCUT2D eigenvalue weighted by atomic mass is 10.2. The zero-order valence-electron chi connectivity index (χ0n) is 8.44. The van der Waals surface area contributed by atoms with E-state index < -0.39 is 0 Å². The Kier molecular flexibility index (Phi) is 1.71. The van der Waals surface area contributed by atoms with Crippen LogP contribution in [0.15, 0.2) is 36.4 Å². The van der Waals surface area contributed by atoms with Gasteiger partial charge < -0.3 is 20.9 Å². The summed E-state index contributed by atoms with van der Waals surface area (Å²) < 4.78 is 11.3. The number of para-hydroxylation sites is 2. The minimum absolute atomic E-state index is 0.409. The van der Waals surface area contributed by atoms with Crippen molar-refractivity contribution in [2.24, 2.45) is 0 Å². The van der Waals surface area contributed by atoms with Crippen LogP contribution in [0.2, 0.25) is 0 Å². The van der Waals surface area contributed by atoms with Crippen LogP contribution in [0.5, 0.6) is 23.0 Å². The predicted octanol–water partition coefficient (Wildman–Crippen LogP) is 2.75. The third-order valence-corrected chi connectivity index (χ3v) is 2.47. The zero-order chi connectivity index (χ0) is 11.1. The van der Waals surface area contributed by atoms with Crippen molar-refractivity contribution in [1.29, 1.82) is 0 Å². The number of nitrogens with two attached hydrogens (primary N) is 2. The summed E-state index contributed by atoms with van der Waals surface area (Å²) in [5.41, 5.74) is 12.4. The number of benzene rings is 2. The van der Waals surface area contributed by atoms with Crippen molar-refractivity contribution in [2.45, 2.75) is 0 Å². The van der Waals surface area contributed by atoms with E-state index in [0.29, 0.717) is 34.4 Å². The largest absolute Gasteiger partial charge is 0.449 e. The quantitative estimate of drug-likeness (QED) is 0.564. The number of hydrogen-bond acceptors (Lipinski definition) is 4. The Morgan fingerprint density at radius 1 is 0.750 bits per heavy atom. The molecule has 0 saturated carbocycles. The highest BCUT2D eigenvalue weighted by atomic mass is 16.6. The maximum atomic E-state index is 5.83. The third-order valence-electron chi connectivity index (χ3n) is 2.47. The lowest BCUT2D eigenvalue weighted by Gasteiger charge is -2.22. The summed E-state index contributed by atoms with van der Waals surface area (Å²) in [6.45, 7) is 0. The van der Waals surface area contributed by atoms with E-state index in [9.17, 15) is 0 Å². The van der Waals surface area contributed by atoms with Crippen LogP contribution in [0.4, 0.5) is 11.4 Å². The monoisotopic (exact) mass is 214 g/mol. The van der Waals surface area contributed by atoms with E-state index in [1.807, 2.05) is 24.3 Å². The van der Waals surface area contributed by atoms with Crippen LogP contribution in [0.3, 0.4) is 0 Å². The van der Waals surface area contributed by atoms with Gasteiger partial charge in [-0.3, -0.25) is 0 Å². The van der Waals surface area contributed by atoms with E-state index in [1.165, 1.54) is 0 Å². The maximum Gasteiger partial charge on any atom is 0.195 e. The second kappa shape index (κ2) is 3.06. The molecule has 0 spiro atoms. The summed E-state index contributed by atoms with van der Waals surface area (Å²) in [6, 6.07) is 10.9. The number of hydrogen-bond donors (Lipinski definition) is 2. The minimum atomic E-state index is 0.409. The Hall–Kier alpha value is -2.36. The Morgan fingerprint density at radius 3 is 2.19 bits per heavy atom. The summed E-state index contributed by atoms with van der Waals surface area (Å²) in [5.74, 6) is 2.40. The normalized spacial score (nSPS) is 12.0. The Morgan fingerprint density at radius 2 is 1.44 bits per heavy atom. The molecule has 0 atom stereocenters. The molecule has 3 rings (SSSR count). The van der Waals surface area contributed by atoms with E-state index in [1.54, 1.807) is 12.1 Å². The molecule has 16 heavy (non-hydrogen) atoms. The highest BCUT2D eigenvalue weighted by Crippen LogP contribution is 2.49. The molecule has 0 unspecified atom stereocenters. The summed E-state index contributed by atoms with van der Waals surface area (Å²) in [5, 5.41) is 0. The van der Waals surface area contributed by atoms with Crippen molar-refractivity contribution in [3.8, 4) is 23.0 Å². The van der Waals surface area contributed by atoms with Crippen molar-refractivity contribution in [1.82, 2.24) is 0 Å². The topological polar surface area (TPSA) is 70.5 Å². The molecular formula is C12H10N2O2. The van der Waals surface area contributed by atoms with Crippen molar-refractivity contribution >= 4 is 11.4 Å². The van der Waals surface area contributed by atoms with Gasteiger partial charge in [-0.15, -0.1) is 0 Å². The Balaban J connectivity index is 2.16. The van der Waals surface area contributed by atoms with E-state index in [4.69, 9.17) is 20.9 Å². The van der Waals surface area contributed by atoms with E-state index in [0.717, 1.165) is 0 Å². The molecule has 0 aromatic heterocycles. The van der Waals surface area contributed by atoms with Gasteiger partial charge in [0.15, 0.2) is 23.0 Å². The molecule has 0 amide bonds. The summed E-state index contributed by atoms with van der Waals surface area (Å²) in [6.07, 6.45) is 0. The van der Waals surface area contributed by atoms with Crippen LogP contribution < -0.4 is 20.9 Å². The molecule has 4 heteroatoms. The minimum Gasteiger partial charge on any atom is -0.449 e. The fourth-order valence-electron chi connectivity index (χ4n) is 1.63. The fraction of sp³-hybridized carbons (Fsp3) is 0. The average Bonchev–Trinajstić information content (AvgIpc) is 2.32. The van der Waals surface area contributed by atoms with Crippen LogP contribution in [0.25, 0.3) is 0 Å². The van der Waals surface area contributed by atoms with Gasteiger partial charge in [0, 0.05) is 0 Å². The van der Waals surface area contributed by atoms with Gasteiger partial charge in [0.1, 0.15) is 5.69 Å². The van der Waals surface area contributed by atoms with Gasteiger partial charge in [0.2, 0.25) is 0 Å². The van der Waals surface area contributed by atoms with Crippen LogP contribution in [-0.4, -0.2) is 0 Å². The number of nitrogen functional groups attached to an aromatic ring is 2. The summed E-state index contributed by atoms with van der Waals surface area (Å²) >= 11 is 0. The number of fused-ring (bicyclic) bond motifs is 2. The van der Waals surface area contributed by atoms with Gasteiger partial charge in [-0.1, -0.05) is 12.1 Å². The van der Waals surface area contributed by atoms with Crippen LogP contribution >= 0.6 is 0 Å². The van der Waals surface area contributed by atoms with Crippen molar-refractivity contribution in [3.63, 3.8) is 0 Å². The third kappa shape index (κ3) is 1.16. The van der Waals surface area contributed by atoms with Crippen molar-refractivity contribution < 1.29 is 9.47 Å². The molecule has 1 aliphatic heterocycles. The standard InChI is InChI=1S/C12H10N2O2/c13-7-5-6-10-12(11(7)14)16-9-4-2-1-3-8(9)15-10/h1-6H,13-14H2. The van der Waals surface area contributed by atoms with E-state index in [-0.39, 0.29) is 0 Å². The first-order valence-electron chi connectivity index (χ1n) is 4.88. The molecule has 1 heterocycles. The van der Waals surface area contributed by atoms with Gasteiger partial charge >= 0.3 is 0 Å². The maximum absolute atomic E-state index is 5.83. The van der Waals surface area contributed by atoms with Gasteiger partial charge in [-0.25, -0.2) is 0 Å². The van der Waals surface area contributed by atoms with Crippen LogP contribution in [0, 0.1) is 0 Å². The Labute approximate surface area is 92.4 Å². The van der Waals surface area contributed by atoms with Crippen molar-refractivity contribution in [3.05, 3.63) is 36.4 Å². The van der Waals surface area contributed by atoms with Gasteiger partial charge in [0.05, 0.1) is 5.69 Å². The lowest BCUT2D eigenvalue weighted by molar-refractivity contribution is 0.361. The van der Waals surface area contributed by atoms with E-state index in [2.05, 4.69) is 0 Å². The van der Waals surface area contributed by atoms with Gasteiger partial charge in [-0.2, -0.15) is 0 Å². The van der Waals surface area contributed by atoms with Crippen molar-refractivity contribution in [2.75, 3.05) is 11.5 Å². The Bertz CT molecular complexity index is 567. The number of rotatable bonds is 0. The van der Waals surface area contributed by atoms with Gasteiger partial charge in [0.25, 0.3) is 0 Å². The zero-order valence-corrected chi connectivity index (χ0v) is 8.44. The highest BCUT2D eigenvalue weighted by molar-refractivity contribution is 5.77. The highest BCUT2D eigenvalue weighted by Gasteiger charge is 2.21. The average molecular weight is 214 g/mol. The summed E-state index contributed by atoms with van der Waals surface area (Å²) in [7, 11) is 0. The molecule has 1 aliphatic rings. The smallest absolute Gasteiger partial charge is 0.195 e. The molecule has 0 fully saturated rings. The predicted molar refractivity (Wildman–Crippen MR) is 61.9 cm³/mol. The first-order valence-corrected chi connectivity index (χ1v) is 4.88. The molecule has 80 valence electrons. The molecule has 0 aliphatic carbocycles. The molecule has 0 saturated heterocycles. The SMILES string of the molecule is Nc1ccc2c(c1N)Oc1ccccc1O2. The number of ether oxygens (including phenoxy) is 2. The first kappa shape index (κ1) is 8.91. The lowest BCUT2D eigenvalue weighted by Crippen LogP contribution is -2.04. The number of anilines is 2. The molecule has 0 bridgehead atoms. The molecule has 0 radical (unpaired) electrons. The molecule has 4 nitrogen and oxygen atoms in total. The molecular weight excluding hydrogens is 204 g/mol. The molecule has 4 N–H and O–H groups in total. The van der Waals surface area contributed by atoms with E-state index >= 15 is 0 Å². The molecule has 2 aromatic rings.